The zero-order valence-electron chi connectivity index (χ0n) is 14.7. The number of amides is 1. The van der Waals surface area contributed by atoms with Gasteiger partial charge in [-0.25, -0.2) is 10.2 Å². The van der Waals surface area contributed by atoms with Gasteiger partial charge in [0.2, 0.25) is 5.88 Å². The van der Waals surface area contributed by atoms with Gasteiger partial charge in [0.25, 0.3) is 11.5 Å². The Morgan fingerprint density at radius 3 is 2.61 bits per heavy atom. The number of hydrazone groups is 1. The van der Waals surface area contributed by atoms with Crippen LogP contribution in [0, 0.1) is 0 Å². The number of hydrogen-bond acceptors (Lipinski definition) is 6. The number of rotatable bonds is 6. The Hall–Kier alpha value is -4.01. The highest BCUT2D eigenvalue weighted by atomic mass is 16.3. The second kappa shape index (κ2) is 8.58. The molecule has 0 atom stereocenters. The van der Waals surface area contributed by atoms with Gasteiger partial charge in [0.05, 0.1) is 6.21 Å². The van der Waals surface area contributed by atoms with Crippen LogP contribution in [0.4, 0.5) is 0 Å². The lowest BCUT2D eigenvalue weighted by atomic mass is 10.1. The summed E-state index contributed by atoms with van der Waals surface area (Å²) in [5.74, 6) is -1.03. The first-order valence-electron chi connectivity index (χ1n) is 8.39. The first-order valence-corrected chi connectivity index (χ1v) is 8.39. The molecule has 0 saturated carbocycles. The molecule has 0 radical (unpaired) electrons. The van der Waals surface area contributed by atoms with Crippen LogP contribution in [0.25, 0.3) is 0 Å². The summed E-state index contributed by atoms with van der Waals surface area (Å²) in [5, 5.41) is 14.0. The number of hydrogen-bond donors (Lipinski definition) is 3. The standard InChI is InChI=1S/C19H17N5O4/c25-16(14-6-9-20-10-7-14)23-21-12-15-17(26)22-19(28)24(18(15)27)11-8-13-4-2-1-3-5-13/h1-7,9-10,12,27H,8,11H2,(H,23,25)(H,22,26,28)/b21-12+. The minimum Gasteiger partial charge on any atom is -0.494 e. The zero-order chi connectivity index (χ0) is 19.9. The maximum Gasteiger partial charge on any atom is 0.331 e. The van der Waals surface area contributed by atoms with Gasteiger partial charge >= 0.3 is 5.69 Å². The molecule has 1 amide bonds. The fourth-order valence-corrected chi connectivity index (χ4v) is 2.51. The molecular weight excluding hydrogens is 362 g/mol. The molecular formula is C19H17N5O4. The fraction of sp³-hybridized carbons (Fsp3) is 0.105. The van der Waals surface area contributed by atoms with Crippen molar-refractivity contribution in [2.24, 2.45) is 5.10 Å². The number of carbonyl (C=O) groups is 1. The van der Waals surface area contributed by atoms with E-state index in [-0.39, 0.29) is 12.1 Å². The average Bonchev–Trinajstić information content (AvgIpc) is 2.71. The van der Waals surface area contributed by atoms with E-state index in [2.05, 4.69) is 20.5 Å². The summed E-state index contributed by atoms with van der Waals surface area (Å²) < 4.78 is 1.04. The SMILES string of the molecule is O=C(N/N=C/c1c(O)n(CCc2ccccc2)c(=O)[nH]c1=O)c1ccncc1. The van der Waals surface area contributed by atoms with E-state index in [1.54, 1.807) is 0 Å². The Morgan fingerprint density at radius 1 is 1.18 bits per heavy atom. The molecule has 0 bridgehead atoms. The van der Waals surface area contributed by atoms with E-state index in [4.69, 9.17) is 0 Å². The van der Waals surface area contributed by atoms with Crippen LogP contribution < -0.4 is 16.7 Å². The number of aromatic nitrogens is 3. The lowest BCUT2D eigenvalue weighted by Crippen LogP contribution is -2.33. The molecule has 9 heteroatoms. The Morgan fingerprint density at radius 2 is 1.89 bits per heavy atom. The van der Waals surface area contributed by atoms with E-state index in [0.717, 1.165) is 16.3 Å². The monoisotopic (exact) mass is 379 g/mol. The topological polar surface area (TPSA) is 129 Å². The molecule has 1 aromatic carbocycles. The second-order valence-electron chi connectivity index (χ2n) is 5.82. The van der Waals surface area contributed by atoms with Crippen LogP contribution in [0.1, 0.15) is 21.5 Å². The molecule has 3 aromatic rings. The van der Waals surface area contributed by atoms with Crippen LogP contribution in [0.2, 0.25) is 0 Å². The summed E-state index contributed by atoms with van der Waals surface area (Å²) in [7, 11) is 0. The third-order valence-corrected chi connectivity index (χ3v) is 3.98. The van der Waals surface area contributed by atoms with Crippen molar-refractivity contribution in [3.8, 4) is 5.88 Å². The van der Waals surface area contributed by atoms with Gasteiger partial charge in [0.15, 0.2) is 0 Å². The van der Waals surface area contributed by atoms with Gasteiger partial charge in [-0.2, -0.15) is 5.10 Å². The van der Waals surface area contributed by atoms with Crippen LogP contribution >= 0.6 is 0 Å². The number of nitrogens with zero attached hydrogens (tertiary/aromatic N) is 3. The molecule has 3 N–H and O–H groups in total. The summed E-state index contributed by atoms with van der Waals surface area (Å²) in [6, 6.07) is 12.4. The van der Waals surface area contributed by atoms with Crippen LogP contribution in [0.5, 0.6) is 5.88 Å². The van der Waals surface area contributed by atoms with Crippen molar-refractivity contribution in [1.29, 1.82) is 0 Å². The van der Waals surface area contributed by atoms with E-state index in [0.29, 0.717) is 12.0 Å². The van der Waals surface area contributed by atoms with Gasteiger partial charge < -0.3 is 5.11 Å². The maximum absolute atomic E-state index is 12.0. The quantitative estimate of drug-likeness (QED) is 0.428. The molecule has 9 nitrogen and oxygen atoms in total. The number of nitrogens with one attached hydrogen (secondary N) is 2. The molecule has 0 aliphatic carbocycles. The van der Waals surface area contributed by atoms with Gasteiger partial charge in [-0.05, 0) is 24.1 Å². The van der Waals surface area contributed by atoms with E-state index < -0.39 is 23.0 Å². The highest BCUT2D eigenvalue weighted by Gasteiger charge is 2.13. The van der Waals surface area contributed by atoms with E-state index in [1.807, 2.05) is 30.3 Å². The Labute approximate surface area is 159 Å². The molecule has 0 aliphatic heterocycles. The molecule has 0 unspecified atom stereocenters. The number of H-pyrrole nitrogens is 1. The highest BCUT2D eigenvalue weighted by molar-refractivity contribution is 5.94. The van der Waals surface area contributed by atoms with Crippen LogP contribution in [-0.2, 0) is 13.0 Å². The minimum absolute atomic E-state index is 0.162. The lowest BCUT2D eigenvalue weighted by Gasteiger charge is -2.09. The van der Waals surface area contributed by atoms with E-state index >= 15 is 0 Å². The summed E-state index contributed by atoms with van der Waals surface area (Å²) in [6.45, 7) is 0.162. The van der Waals surface area contributed by atoms with Crippen molar-refractivity contribution in [3.05, 3.63) is 92.4 Å². The van der Waals surface area contributed by atoms with Crippen LogP contribution in [0.3, 0.4) is 0 Å². The zero-order valence-corrected chi connectivity index (χ0v) is 14.7. The largest absolute Gasteiger partial charge is 0.494 e. The minimum atomic E-state index is -0.805. The smallest absolute Gasteiger partial charge is 0.331 e. The number of aryl methyl sites for hydroxylation is 1. The first kappa shape index (κ1) is 18.8. The summed E-state index contributed by atoms with van der Waals surface area (Å²) >= 11 is 0. The van der Waals surface area contributed by atoms with Gasteiger partial charge in [-0.15, -0.1) is 0 Å². The van der Waals surface area contributed by atoms with Crippen molar-refractivity contribution in [2.75, 3.05) is 0 Å². The summed E-state index contributed by atoms with van der Waals surface area (Å²) in [4.78, 5) is 41.9. The second-order valence-corrected chi connectivity index (χ2v) is 5.82. The predicted octanol–water partition coefficient (Wildman–Crippen LogP) is 0.644. The van der Waals surface area contributed by atoms with Crippen molar-refractivity contribution >= 4 is 12.1 Å². The average molecular weight is 379 g/mol. The fourth-order valence-electron chi connectivity index (χ4n) is 2.51. The molecule has 2 heterocycles. The van der Waals surface area contributed by atoms with Crippen molar-refractivity contribution in [2.45, 2.75) is 13.0 Å². The normalized spacial score (nSPS) is 10.9. The van der Waals surface area contributed by atoms with Gasteiger partial charge in [-0.1, -0.05) is 30.3 Å². The van der Waals surface area contributed by atoms with E-state index in [1.165, 1.54) is 24.5 Å². The molecule has 142 valence electrons. The molecule has 0 fully saturated rings. The van der Waals surface area contributed by atoms with Crippen molar-refractivity contribution < 1.29 is 9.90 Å². The Bertz CT molecular complexity index is 1100. The van der Waals surface area contributed by atoms with Gasteiger partial charge in [-0.3, -0.25) is 24.1 Å². The molecule has 2 aromatic heterocycles. The Kier molecular flexibility index (Phi) is 5.75. The van der Waals surface area contributed by atoms with E-state index in [9.17, 15) is 19.5 Å². The predicted molar refractivity (Wildman–Crippen MR) is 102 cm³/mol. The number of benzene rings is 1. The van der Waals surface area contributed by atoms with Crippen molar-refractivity contribution in [1.82, 2.24) is 20.0 Å². The molecule has 28 heavy (non-hydrogen) atoms. The highest BCUT2D eigenvalue weighted by Crippen LogP contribution is 2.09. The molecule has 0 spiro atoms. The van der Waals surface area contributed by atoms with Gasteiger partial charge in [0.1, 0.15) is 5.56 Å². The van der Waals surface area contributed by atoms with Crippen LogP contribution in [0.15, 0.2) is 69.5 Å². The summed E-state index contributed by atoms with van der Waals surface area (Å²) in [6.07, 6.45) is 4.39. The number of carbonyl (C=O) groups excluding carboxylic acids is 1. The molecule has 0 saturated heterocycles. The third-order valence-electron chi connectivity index (χ3n) is 3.98. The maximum atomic E-state index is 12.0. The first-order chi connectivity index (χ1) is 13.6. The summed E-state index contributed by atoms with van der Waals surface area (Å²) in [5.41, 5.74) is 1.78. The van der Waals surface area contributed by atoms with Crippen molar-refractivity contribution in [3.63, 3.8) is 0 Å². The van der Waals surface area contributed by atoms with Crippen LogP contribution in [-0.4, -0.2) is 31.8 Å². The number of aromatic amines is 1. The Balaban J connectivity index is 1.78. The molecule has 3 rings (SSSR count). The van der Waals surface area contributed by atoms with Gasteiger partial charge in [0, 0.05) is 24.5 Å². The lowest BCUT2D eigenvalue weighted by molar-refractivity contribution is 0.0955. The number of pyridine rings is 1. The third kappa shape index (κ3) is 4.39. The molecule has 0 aliphatic rings. The number of aromatic hydroxyl groups is 1.